The van der Waals surface area contributed by atoms with Gasteiger partial charge in [-0.15, -0.1) is 0 Å². The lowest BCUT2D eigenvalue weighted by atomic mass is 9.96. The molecule has 154 valence electrons. The van der Waals surface area contributed by atoms with E-state index in [1.165, 1.54) is 36.8 Å². The number of benzene rings is 1. The van der Waals surface area contributed by atoms with Crippen LogP contribution in [0.15, 0.2) is 42.9 Å². The molecule has 3 N–H and O–H groups in total. The van der Waals surface area contributed by atoms with E-state index >= 15 is 0 Å². The number of halogens is 1. The van der Waals surface area contributed by atoms with E-state index in [9.17, 15) is 19.1 Å². The van der Waals surface area contributed by atoms with Crippen LogP contribution in [0.4, 0.5) is 4.39 Å². The Hall–Kier alpha value is -2.91. The molecule has 9 heteroatoms. The van der Waals surface area contributed by atoms with Crippen molar-refractivity contribution in [1.29, 1.82) is 0 Å². The van der Waals surface area contributed by atoms with Crippen LogP contribution in [0.25, 0.3) is 0 Å². The summed E-state index contributed by atoms with van der Waals surface area (Å²) < 4.78 is 19.6. The molecule has 0 aliphatic carbocycles. The summed E-state index contributed by atoms with van der Waals surface area (Å²) in [7, 11) is 0. The molecule has 0 unspecified atom stereocenters. The summed E-state index contributed by atoms with van der Waals surface area (Å²) in [5.74, 6) is -1.45. The first-order valence-electron chi connectivity index (χ1n) is 9.44. The van der Waals surface area contributed by atoms with Crippen LogP contribution in [-0.2, 0) is 4.74 Å². The Bertz CT molecular complexity index is 836. The van der Waals surface area contributed by atoms with Gasteiger partial charge in [0.05, 0.1) is 30.5 Å². The van der Waals surface area contributed by atoms with E-state index in [0.717, 1.165) is 0 Å². The maximum atomic E-state index is 13.8. The fourth-order valence-corrected chi connectivity index (χ4v) is 3.25. The summed E-state index contributed by atoms with van der Waals surface area (Å²) in [5.41, 5.74) is 0.194. The Morgan fingerprint density at radius 3 is 2.76 bits per heavy atom. The van der Waals surface area contributed by atoms with E-state index in [1.807, 2.05) is 0 Å². The third-order valence-electron chi connectivity index (χ3n) is 4.78. The second-order valence-electron chi connectivity index (χ2n) is 6.75. The van der Waals surface area contributed by atoms with Crippen molar-refractivity contribution in [3.05, 3.63) is 59.9 Å². The number of carbonyl (C=O) groups is 2. The number of carbonyl (C=O) groups excluding carboxylic acids is 2. The molecule has 2 amide bonds. The molecule has 1 aromatic carbocycles. The average molecular weight is 402 g/mol. The minimum Gasteiger partial charge on any atom is -0.394 e. The molecule has 1 saturated heterocycles. The first-order valence-corrected chi connectivity index (χ1v) is 9.44. The van der Waals surface area contributed by atoms with E-state index < -0.39 is 23.9 Å². The normalized spacial score (nSPS) is 21.4. The molecule has 1 aromatic heterocycles. The minimum absolute atomic E-state index is 0.0435. The van der Waals surface area contributed by atoms with Gasteiger partial charge in [-0.2, -0.15) is 0 Å². The number of rotatable bonds is 7. The topological polar surface area (TPSA) is 113 Å². The third kappa shape index (κ3) is 5.55. The van der Waals surface area contributed by atoms with Crippen molar-refractivity contribution in [3.8, 4) is 0 Å². The van der Waals surface area contributed by atoms with Gasteiger partial charge in [-0.05, 0) is 31.4 Å². The lowest BCUT2D eigenvalue weighted by Gasteiger charge is -2.36. The van der Waals surface area contributed by atoms with Crippen molar-refractivity contribution in [2.24, 2.45) is 0 Å². The SMILES string of the molecule is O=C(NCC[C@@H]1CC[C@H](NC(=O)c2ccccc2F)[C@@H](CO)O1)c1cnccn1. The predicted octanol–water partition coefficient (Wildman–Crippen LogP) is 1.07. The molecule has 8 nitrogen and oxygen atoms in total. The summed E-state index contributed by atoms with van der Waals surface area (Å²) in [4.78, 5) is 32.1. The van der Waals surface area contributed by atoms with E-state index in [1.54, 1.807) is 6.07 Å². The molecular weight excluding hydrogens is 379 g/mol. The summed E-state index contributed by atoms with van der Waals surface area (Å²) in [6.07, 6.45) is 5.32. The van der Waals surface area contributed by atoms with Crippen LogP contribution in [0, 0.1) is 5.82 Å². The van der Waals surface area contributed by atoms with Gasteiger partial charge in [0.25, 0.3) is 11.8 Å². The second-order valence-corrected chi connectivity index (χ2v) is 6.75. The van der Waals surface area contributed by atoms with Crippen LogP contribution in [0.2, 0.25) is 0 Å². The molecule has 1 aliphatic heterocycles. The standard InChI is InChI=1S/C20H23FN4O4/c21-15-4-2-1-3-14(15)19(27)25-16-6-5-13(29-18(16)12-26)7-8-24-20(28)17-11-22-9-10-23-17/h1-4,9-11,13,16,18,26H,5-8,12H2,(H,24,28)(H,25,27)/t13-,16-,18+/m0/s1. The zero-order valence-electron chi connectivity index (χ0n) is 15.8. The van der Waals surface area contributed by atoms with Gasteiger partial charge < -0.3 is 20.5 Å². The van der Waals surface area contributed by atoms with Crippen molar-refractivity contribution in [2.45, 2.75) is 37.5 Å². The molecule has 29 heavy (non-hydrogen) atoms. The molecule has 0 spiro atoms. The van der Waals surface area contributed by atoms with Crippen LogP contribution in [0.1, 0.15) is 40.1 Å². The number of nitrogens with zero attached hydrogens (tertiary/aromatic N) is 2. The van der Waals surface area contributed by atoms with Gasteiger partial charge in [0, 0.05) is 18.9 Å². The van der Waals surface area contributed by atoms with Gasteiger partial charge in [-0.3, -0.25) is 14.6 Å². The fourth-order valence-electron chi connectivity index (χ4n) is 3.25. The highest BCUT2D eigenvalue weighted by atomic mass is 19.1. The maximum absolute atomic E-state index is 13.8. The highest BCUT2D eigenvalue weighted by Gasteiger charge is 2.32. The van der Waals surface area contributed by atoms with Gasteiger partial charge in [0.2, 0.25) is 0 Å². The number of aliphatic hydroxyl groups excluding tert-OH is 1. The Morgan fingerprint density at radius 1 is 1.21 bits per heavy atom. The van der Waals surface area contributed by atoms with Gasteiger partial charge in [-0.1, -0.05) is 12.1 Å². The van der Waals surface area contributed by atoms with E-state index in [-0.39, 0.29) is 29.9 Å². The van der Waals surface area contributed by atoms with Crippen molar-refractivity contribution >= 4 is 11.8 Å². The first-order chi connectivity index (χ1) is 14.1. The Kier molecular flexibility index (Phi) is 7.20. The van der Waals surface area contributed by atoms with Crippen LogP contribution in [0.3, 0.4) is 0 Å². The summed E-state index contributed by atoms with van der Waals surface area (Å²) >= 11 is 0. The molecule has 3 atom stereocenters. The third-order valence-corrected chi connectivity index (χ3v) is 4.78. The Labute approximate surface area is 167 Å². The van der Waals surface area contributed by atoms with Crippen LogP contribution in [0.5, 0.6) is 0 Å². The molecule has 0 saturated carbocycles. The zero-order valence-corrected chi connectivity index (χ0v) is 15.8. The van der Waals surface area contributed by atoms with Crippen molar-refractivity contribution in [1.82, 2.24) is 20.6 Å². The predicted molar refractivity (Wildman–Crippen MR) is 102 cm³/mol. The fraction of sp³-hybridized carbons (Fsp3) is 0.400. The number of nitrogens with one attached hydrogen (secondary N) is 2. The van der Waals surface area contributed by atoms with Crippen molar-refractivity contribution < 1.29 is 23.8 Å². The molecular formula is C20H23FN4O4. The monoisotopic (exact) mass is 402 g/mol. The number of aromatic nitrogens is 2. The van der Waals surface area contributed by atoms with Gasteiger partial charge in [0.15, 0.2) is 0 Å². The average Bonchev–Trinajstić information content (AvgIpc) is 2.75. The van der Waals surface area contributed by atoms with Crippen LogP contribution < -0.4 is 10.6 Å². The Morgan fingerprint density at radius 2 is 2.03 bits per heavy atom. The zero-order chi connectivity index (χ0) is 20.6. The molecule has 0 bridgehead atoms. The molecule has 2 aromatic rings. The number of aliphatic hydroxyl groups is 1. The summed E-state index contributed by atoms with van der Waals surface area (Å²) in [5, 5.41) is 15.1. The number of amides is 2. The largest absolute Gasteiger partial charge is 0.394 e. The van der Waals surface area contributed by atoms with Crippen LogP contribution in [-0.4, -0.2) is 58.3 Å². The van der Waals surface area contributed by atoms with Crippen LogP contribution >= 0.6 is 0 Å². The quantitative estimate of drug-likeness (QED) is 0.639. The Balaban J connectivity index is 1.47. The number of hydrogen-bond donors (Lipinski definition) is 3. The smallest absolute Gasteiger partial charge is 0.271 e. The molecule has 2 heterocycles. The van der Waals surface area contributed by atoms with Crippen molar-refractivity contribution in [2.75, 3.05) is 13.2 Å². The molecule has 1 fully saturated rings. The first kappa shape index (κ1) is 20.8. The van der Waals surface area contributed by atoms with Crippen molar-refractivity contribution in [3.63, 3.8) is 0 Å². The number of ether oxygens (including phenoxy) is 1. The van der Waals surface area contributed by atoms with E-state index in [0.29, 0.717) is 25.8 Å². The van der Waals surface area contributed by atoms with Gasteiger partial charge in [0.1, 0.15) is 17.6 Å². The minimum atomic E-state index is -0.598. The lowest BCUT2D eigenvalue weighted by molar-refractivity contribution is -0.0893. The summed E-state index contributed by atoms with van der Waals surface area (Å²) in [6.45, 7) is 0.106. The summed E-state index contributed by atoms with van der Waals surface area (Å²) in [6, 6.07) is 5.31. The van der Waals surface area contributed by atoms with Gasteiger partial charge in [-0.25, -0.2) is 9.37 Å². The lowest BCUT2D eigenvalue weighted by Crippen LogP contribution is -2.51. The molecule has 3 rings (SSSR count). The highest BCUT2D eigenvalue weighted by Crippen LogP contribution is 2.22. The molecule has 1 aliphatic rings. The van der Waals surface area contributed by atoms with E-state index in [4.69, 9.17) is 4.74 Å². The van der Waals surface area contributed by atoms with E-state index in [2.05, 4.69) is 20.6 Å². The number of hydrogen-bond acceptors (Lipinski definition) is 6. The van der Waals surface area contributed by atoms with Gasteiger partial charge >= 0.3 is 0 Å². The maximum Gasteiger partial charge on any atom is 0.271 e. The molecule has 0 radical (unpaired) electrons. The highest BCUT2D eigenvalue weighted by molar-refractivity contribution is 5.94. The second kappa shape index (κ2) is 10.0.